The molecule has 152 valence electrons. The number of hydrogen-bond donors (Lipinski definition) is 0. The first-order valence-corrected chi connectivity index (χ1v) is 10.7. The average Bonchev–Trinajstić information content (AvgIpc) is 3.27. The van der Waals surface area contributed by atoms with Crippen molar-refractivity contribution in [3.63, 3.8) is 0 Å². The zero-order chi connectivity index (χ0) is 20.0. The van der Waals surface area contributed by atoms with Gasteiger partial charge in [-0.15, -0.1) is 11.3 Å². The molecule has 1 aromatic heterocycles. The molecule has 2 nitrogen and oxygen atoms in total. The highest BCUT2D eigenvalue weighted by Crippen LogP contribution is 2.43. The second kappa shape index (κ2) is 9.70. The standard InChI is InChI=1S/C22H25F3O2S/c23-22(24,25)19-13-7-12-18(21-20(15-26)27-21)17(19)11-6-4-2-1-3-5-9-16-10-8-14-28-16/h7-8,10,12-15,20-21H,1-6,9,11H2. The third-order valence-corrected chi connectivity index (χ3v) is 6.10. The van der Waals surface area contributed by atoms with Crippen LogP contribution in [0.25, 0.3) is 0 Å². The quantitative estimate of drug-likeness (QED) is 0.239. The van der Waals surface area contributed by atoms with Gasteiger partial charge < -0.3 is 9.53 Å². The molecule has 0 radical (unpaired) electrons. The van der Waals surface area contributed by atoms with Crippen LogP contribution in [-0.2, 0) is 28.5 Å². The Morgan fingerprint density at radius 2 is 1.68 bits per heavy atom. The number of halogens is 3. The molecule has 6 heteroatoms. The van der Waals surface area contributed by atoms with E-state index in [1.165, 1.54) is 10.9 Å². The number of rotatable bonds is 11. The van der Waals surface area contributed by atoms with Crippen molar-refractivity contribution in [3.8, 4) is 0 Å². The SMILES string of the molecule is O=CC1OC1c1cccc(C(F)(F)F)c1CCCCCCCCc1cccs1. The van der Waals surface area contributed by atoms with E-state index >= 15 is 0 Å². The zero-order valence-electron chi connectivity index (χ0n) is 15.7. The number of aldehydes is 1. The molecule has 2 aromatic rings. The molecule has 0 spiro atoms. The molecule has 1 saturated heterocycles. The molecular weight excluding hydrogens is 385 g/mol. The summed E-state index contributed by atoms with van der Waals surface area (Å²) in [4.78, 5) is 12.3. The maximum absolute atomic E-state index is 13.4. The Labute approximate surface area is 167 Å². The first kappa shape index (κ1) is 21.1. The van der Waals surface area contributed by atoms with Crippen LogP contribution < -0.4 is 0 Å². The van der Waals surface area contributed by atoms with Gasteiger partial charge >= 0.3 is 6.18 Å². The highest BCUT2D eigenvalue weighted by atomic mass is 32.1. The minimum absolute atomic E-state index is 0.294. The third-order valence-electron chi connectivity index (χ3n) is 5.16. The smallest absolute Gasteiger partial charge is 0.356 e. The molecule has 1 aromatic carbocycles. The number of alkyl halides is 3. The molecule has 0 N–H and O–H groups in total. The average molecular weight is 411 g/mol. The van der Waals surface area contributed by atoms with Gasteiger partial charge in [-0.1, -0.05) is 43.9 Å². The molecule has 2 unspecified atom stereocenters. The van der Waals surface area contributed by atoms with Gasteiger partial charge in [0.1, 0.15) is 12.2 Å². The Morgan fingerprint density at radius 3 is 2.29 bits per heavy atom. The van der Waals surface area contributed by atoms with E-state index in [9.17, 15) is 18.0 Å². The lowest BCUT2D eigenvalue weighted by Crippen LogP contribution is -2.12. The molecule has 2 atom stereocenters. The van der Waals surface area contributed by atoms with E-state index in [0.717, 1.165) is 44.6 Å². The number of carbonyl (C=O) groups excluding carboxylic acids is 1. The van der Waals surface area contributed by atoms with Crippen molar-refractivity contribution in [2.24, 2.45) is 0 Å². The Kier molecular flexibility index (Phi) is 7.30. The van der Waals surface area contributed by atoms with Gasteiger partial charge in [0.15, 0.2) is 6.29 Å². The van der Waals surface area contributed by atoms with Gasteiger partial charge in [-0.2, -0.15) is 13.2 Å². The number of epoxide rings is 1. The van der Waals surface area contributed by atoms with Crippen molar-refractivity contribution >= 4 is 17.6 Å². The largest absolute Gasteiger partial charge is 0.416 e. The molecule has 1 aliphatic heterocycles. The lowest BCUT2D eigenvalue weighted by Gasteiger charge is -2.16. The Balaban J connectivity index is 1.47. The molecular formula is C22H25F3O2S. The topological polar surface area (TPSA) is 29.6 Å². The third kappa shape index (κ3) is 5.67. The van der Waals surface area contributed by atoms with E-state index < -0.39 is 23.9 Å². The number of carbonyl (C=O) groups is 1. The van der Waals surface area contributed by atoms with Crippen LogP contribution in [0.15, 0.2) is 35.7 Å². The predicted molar refractivity (Wildman–Crippen MR) is 105 cm³/mol. The maximum Gasteiger partial charge on any atom is 0.416 e. The van der Waals surface area contributed by atoms with Gasteiger partial charge in [-0.3, -0.25) is 0 Å². The normalized spacial score (nSPS) is 19.0. The van der Waals surface area contributed by atoms with Crippen molar-refractivity contribution in [1.29, 1.82) is 0 Å². The summed E-state index contributed by atoms with van der Waals surface area (Å²) in [5, 5.41) is 2.09. The van der Waals surface area contributed by atoms with Gasteiger partial charge in [0.05, 0.1) is 5.56 Å². The van der Waals surface area contributed by atoms with Crippen LogP contribution in [0.5, 0.6) is 0 Å². The van der Waals surface area contributed by atoms with Gasteiger partial charge in [-0.05, 0) is 54.3 Å². The van der Waals surface area contributed by atoms with E-state index in [1.807, 2.05) is 0 Å². The summed E-state index contributed by atoms with van der Waals surface area (Å²) < 4.78 is 45.5. The summed E-state index contributed by atoms with van der Waals surface area (Å²) in [6.07, 6.45) is 2.69. The Bertz CT molecular complexity index is 756. The monoisotopic (exact) mass is 410 g/mol. The minimum Gasteiger partial charge on any atom is -0.356 e. The first-order chi connectivity index (χ1) is 13.5. The Morgan fingerprint density at radius 1 is 0.964 bits per heavy atom. The number of hydrogen-bond acceptors (Lipinski definition) is 3. The molecule has 1 aliphatic rings. The predicted octanol–water partition coefficient (Wildman–Crippen LogP) is 6.53. The summed E-state index contributed by atoms with van der Waals surface area (Å²) in [6, 6.07) is 8.40. The summed E-state index contributed by atoms with van der Waals surface area (Å²) in [6.45, 7) is 0. The van der Waals surface area contributed by atoms with Crippen LogP contribution in [0.2, 0.25) is 0 Å². The van der Waals surface area contributed by atoms with Crippen molar-refractivity contribution in [1.82, 2.24) is 0 Å². The molecule has 1 fully saturated rings. The number of unbranched alkanes of at least 4 members (excludes halogenated alkanes) is 5. The maximum atomic E-state index is 13.4. The molecule has 0 bridgehead atoms. The van der Waals surface area contributed by atoms with Crippen LogP contribution in [0.1, 0.15) is 66.2 Å². The highest BCUT2D eigenvalue weighted by Gasteiger charge is 2.43. The summed E-state index contributed by atoms with van der Waals surface area (Å²) in [7, 11) is 0. The summed E-state index contributed by atoms with van der Waals surface area (Å²) >= 11 is 1.78. The summed E-state index contributed by atoms with van der Waals surface area (Å²) in [5.74, 6) is 0. The second-order valence-electron chi connectivity index (χ2n) is 7.23. The van der Waals surface area contributed by atoms with Crippen molar-refractivity contribution < 1.29 is 22.7 Å². The van der Waals surface area contributed by atoms with Crippen molar-refractivity contribution in [3.05, 3.63) is 57.3 Å². The number of aryl methyl sites for hydroxylation is 1. The minimum atomic E-state index is -4.39. The number of thiophene rings is 1. The lowest BCUT2D eigenvalue weighted by molar-refractivity contribution is -0.138. The molecule has 3 rings (SSSR count). The number of ether oxygens (including phenoxy) is 1. The van der Waals surface area contributed by atoms with Crippen LogP contribution in [0.4, 0.5) is 13.2 Å². The van der Waals surface area contributed by atoms with Crippen LogP contribution in [0, 0.1) is 0 Å². The van der Waals surface area contributed by atoms with Gasteiger partial charge in [-0.25, -0.2) is 0 Å². The van der Waals surface area contributed by atoms with Gasteiger partial charge in [0.2, 0.25) is 0 Å². The van der Waals surface area contributed by atoms with Crippen LogP contribution in [-0.4, -0.2) is 12.4 Å². The second-order valence-corrected chi connectivity index (χ2v) is 8.26. The Hall–Kier alpha value is -1.66. The van der Waals surface area contributed by atoms with E-state index in [-0.39, 0.29) is 0 Å². The number of benzene rings is 1. The molecule has 0 saturated carbocycles. The fourth-order valence-corrected chi connectivity index (χ4v) is 4.41. The van der Waals surface area contributed by atoms with E-state index in [0.29, 0.717) is 30.3 Å². The molecule has 28 heavy (non-hydrogen) atoms. The highest BCUT2D eigenvalue weighted by molar-refractivity contribution is 7.09. The van der Waals surface area contributed by atoms with Crippen molar-refractivity contribution in [2.75, 3.05) is 0 Å². The zero-order valence-corrected chi connectivity index (χ0v) is 16.5. The first-order valence-electron chi connectivity index (χ1n) is 9.83. The van der Waals surface area contributed by atoms with Gasteiger partial charge in [0, 0.05) is 4.88 Å². The molecule has 0 aliphatic carbocycles. The van der Waals surface area contributed by atoms with Crippen LogP contribution in [0.3, 0.4) is 0 Å². The lowest BCUT2D eigenvalue weighted by atomic mass is 9.92. The molecule has 2 heterocycles. The van der Waals surface area contributed by atoms with Crippen molar-refractivity contribution in [2.45, 2.75) is 69.8 Å². The fourth-order valence-electron chi connectivity index (χ4n) is 3.66. The fraction of sp³-hybridized carbons (Fsp3) is 0.500. The van der Waals surface area contributed by atoms with E-state index in [2.05, 4.69) is 17.5 Å². The van der Waals surface area contributed by atoms with Crippen LogP contribution >= 0.6 is 11.3 Å². The summed E-state index contributed by atoms with van der Waals surface area (Å²) in [5.41, 5.74) is 0.214. The molecule has 0 amide bonds. The van der Waals surface area contributed by atoms with E-state index in [1.54, 1.807) is 17.4 Å². The van der Waals surface area contributed by atoms with Gasteiger partial charge in [0.25, 0.3) is 0 Å². The van der Waals surface area contributed by atoms with E-state index in [4.69, 9.17) is 4.74 Å².